The molecule has 3 aromatic carbocycles. The molecule has 200 valence electrons. The van der Waals surface area contributed by atoms with Gasteiger partial charge in [-0.05, 0) is 41.0 Å². The van der Waals surface area contributed by atoms with Crippen LogP contribution in [-0.4, -0.2) is 34.4 Å². The number of amides is 5. The van der Waals surface area contributed by atoms with Crippen LogP contribution in [0.2, 0.25) is 0 Å². The zero-order valence-corrected chi connectivity index (χ0v) is 21.1. The lowest BCUT2D eigenvalue weighted by Gasteiger charge is -2.15. The molecular formula is C28H22N6O6. The van der Waals surface area contributed by atoms with Gasteiger partial charge in [0.1, 0.15) is 11.6 Å². The Kier molecular flexibility index (Phi) is 6.89. The zero-order valence-electron chi connectivity index (χ0n) is 21.1. The van der Waals surface area contributed by atoms with Crippen molar-refractivity contribution < 1.29 is 24.1 Å². The number of imide groups is 1. The molecule has 2 aliphatic heterocycles. The molecule has 1 atom stereocenters. The van der Waals surface area contributed by atoms with Crippen molar-refractivity contribution >= 4 is 52.6 Å². The first-order valence-electron chi connectivity index (χ1n) is 12.1. The van der Waals surface area contributed by atoms with Crippen LogP contribution in [0.1, 0.15) is 35.1 Å². The number of hydrogen-bond acceptors (Lipinski definition) is 7. The molecule has 40 heavy (non-hydrogen) atoms. The number of benzene rings is 3. The fraction of sp³-hybridized carbons (Fsp3) is 0.107. The summed E-state index contributed by atoms with van der Waals surface area (Å²) in [5.41, 5.74) is 3.82. The van der Waals surface area contributed by atoms with Gasteiger partial charge in [-0.1, -0.05) is 36.4 Å². The molecule has 12 heteroatoms. The molecule has 5 amide bonds. The average Bonchev–Trinajstić information content (AvgIpc) is 3.43. The van der Waals surface area contributed by atoms with Gasteiger partial charge in [0, 0.05) is 36.9 Å². The van der Waals surface area contributed by atoms with Gasteiger partial charge in [0.2, 0.25) is 11.8 Å². The Hall–Kier alpha value is -5.65. The first kappa shape index (κ1) is 26.0. The summed E-state index contributed by atoms with van der Waals surface area (Å²) in [5, 5.41) is 21.5. The Morgan fingerprint density at radius 3 is 2.35 bits per heavy atom. The molecule has 0 radical (unpaired) electrons. The molecule has 0 aliphatic carbocycles. The largest absolute Gasteiger partial charge is 0.352 e. The molecule has 0 bridgehead atoms. The molecule has 4 N–H and O–H groups in total. The number of nitrogens with zero attached hydrogens (tertiary/aromatic N) is 2. The molecule has 0 spiro atoms. The van der Waals surface area contributed by atoms with Crippen molar-refractivity contribution in [3.63, 3.8) is 0 Å². The second-order valence-corrected chi connectivity index (χ2v) is 9.11. The van der Waals surface area contributed by atoms with Gasteiger partial charge in [0.15, 0.2) is 0 Å². The third-order valence-electron chi connectivity index (χ3n) is 6.32. The van der Waals surface area contributed by atoms with E-state index in [1.807, 2.05) is 0 Å². The molecule has 1 fully saturated rings. The Morgan fingerprint density at radius 1 is 1.00 bits per heavy atom. The first-order valence-corrected chi connectivity index (χ1v) is 12.1. The maximum atomic E-state index is 13.2. The number of aliphatic imine (C=N–C) groups is 1. The number of anilines is 1. The number of non-ortho nitro benzene ring substituents is 1. The quantitative estimate of drug-likeness (QED) is 0.118. The summed E-state index contributed by atoms with van der Waals surface area (Å²) < 4.78 is 0. The van der Waals surface area contributed by atoms with Crippen LogP contribution < -0.4 is 21.3 Å². The summed E-state index contributed by atoms with van der Waals surface area (Å²) in [7, 11) is 0. The van der Waals surface area contributed by atoms with E-state index >= 15 is 0 Å². The van der Waals surface area contributed by atoms with E-state index in [1.165, 1.54) is 31.2 Å². The monoisotopic (exact) mass is 538 g/mol. The molecule has 1 saturated heterocycles. The highest BCUT2D eigenvalue weighted by Crippen LogP contribution is 2.38. The number of fused-ring (bicyclic) bond motifs is 1. The van der Waals surface area contributed by atoms with Crippen molar-refractivity contribution in [3.05, 3.63) is 105 Å². The predicted molar refractivity (Wildman–Crippen MR) is 146 cm³/mol. The topological polar surface area (TPSA) is 172 Å². The van der Waals surface area contributed by atoms with Gasteiger partial charge in [-0.3, -0.25) is 34.8 Å². The highest BCUT2D eigenvalue weighted by atomic mass is 16.6. The maximum absolute atomic E-state index is 13.2. The van der Waals surface area contributed by atoms with E-state index in [-0.39, 0.29) is 23.2 Å². The number of carbonyl (C=O) groups excluding carboxylic acids is 4. The van der Waals surface area contributed by atoms with Gasteiger partial charge in [0.05, 0.1) is 16.3 Å². The van der Waals surface area contributed by atoms with E-state index in [0.717, 1.165) is 5.56 Å². The number of hydrogen-bond donors (Lipinski definition) is 4. The fourth-order valence-electron chi connectivity index (χ4n) is 4.38. The van der Waals surface area contributed by atoms with Crippen LogP contribution in [0, 0.1) is 10.1 Å². The standard InChI is InChI=1S/C28H22N6O6/c1-15(35)29-14-17-2-6-18(7-3-17)25(24-21-13-20(34(39)40)10-11-22(21)31-27(24)37)30-19-8-4-16(5-9-19)12-23-26(36)33-28(38)32-23/h2-13,24H,14H2,1H3,(H,29,35)(H,31,37)(H2,32,33,36,38). The maximum Gasteiger partial charge on any atom is 0.326 e. The number of rotatable bonds is 7. The number of nitro groups is 1. The summed E-state index contributed by atoms with van der Waals surface area (Å²) in [6.07, 6.45) is 1.52. The number of urea groups is 1. The molecule has 3 aromatic rings. The Bertz CT molecular complexity index is 1630. The van der Waals surface area contributed by atoms with Gasteiger partial charge in [-0.2, -0.15) is 0 Å². The van der Waals surface area contributed by atoms with E-state index in [9.17, 15) is 29.3 Å². The number of carbonyl (C=O) groups is 4. The Balaban J connectivity index is 1.54. The van der Waals surface area contributed by atoms with E-state index in [2.05, 4.69) is 21.3 Å². The summed E-state index contributed by atoms with van der Waals surface area (Å²) in [4.78, 5) is 63.4. The van der Waals surface area contributed by atoms with Crippen molar-refractivity contribution in [3.8, 4) is 0 Å². The van der Waals surface area contributed by atoms with Gasteiger partial charge >= 0.3 is 6.03 Å². The summed E-state index contributed by atoms with van der Waals surface area (Å²) in [6.45, 7) is 1.76. The molecule has 12 nitrogen and oxygen atoms in total. The van der Waals surface area contributed by atoms with Crippen LogP contribution in [-0.2, 0) is 20.9 Å². The van der Waals surface area contributed by atoms with Crippen molar-refractivity contribution in [1.29, 1.82) is 0 Å². The highest BCUT2D eigenvalue weighted by molar-refractivity contribution is 6.24. The van der Waals surface area contributed by atoms with Crippen molar-refractivity contribution in [2.75, 3.05) is 5.32 Å². The van der Waals surface area contributed by atoms with Gasteiger partial charge in [-0.25, -0.2) is 4.79 Å². The molecular weight excluding hydrogens is 516 g/mol. The molecule has 5 rings (SSSR count). The lowest BCUT2D eigenvalue weighted by Crippen LogP contribution is -2.22. The van der Waals surface area contributed by atoms with E-state index in [0.29, 0.717) is 40.3 Å². The summed E-state index contributed by atoms with van der Waals surface area (Å²) in [5.74, 6) is -1.99. The minimum absolute atomic E-state index is 0.113. The fourth-order valence-corrected chi connectivity index (χ4v) is 4.38. The lowest BCUT2D eigenvalue weighted by molar-refractivity contribution is -0.384. The zero-order chi connectivity index (χ0) is 28.4. The van der Waals surface area contributed by atoms with Crippen LogP contribution in [0.25, 0.3) is 6.08 Å². The molecule has 1 unspecified atom stereocenters. The van der Waals surface area contributed by atoms with Crippen LogP contribution >= 0.6 is 0 Å². The van der Waals surface area contributed by atoms with Crippen LogP contribution in [0.5, 0.6) is 0 Å². The first-order chi connectivity index (χ1) is 19.2. The van der Waals surface area contributed by atoms with Crippen LogP contribution in [0.3, 0.4) is 0 Å². The van der Waals surface area contributed by atoms with E-state index in [4.69, 9.17) is 4.99 Å². The minimum Gasteiger partial charge on any atom is -0.352 e. The van der Waals surface area contributed by atoms with Crippen LogP contribution in [0.4, 0.5) is 21.9 Å². The summed E-state index contributed by atoms with van der Waals surface area (Å²) in [6, 6.07) is 17.5. The smallest absolute Gasteiger partial charge is 0.326 e. The third kappa shape index (κ3) is 5.45. The number of nitrogens with one attached hydrogen (secondary N) is 4. The van der Waals surface area contributed by atoms with Gasteiger partial charge < -0.3 is 16.0 Å². The molecule has 0 aromatic heterocycles. The van der Waals surface area contributed by atoms with Gasteiger partial charge in [0.25, 0.3) is 11.6 Å². The number of nitro benzene ring substituents is 1. The van der Waals surface area contributed by atoms with Crippen molar-refractivity contribution in [1.82, 2.24) is 16.0 Å². The lowest BCUT2D eigenvalue weighted by atomic mass is 9.90. The molecule has 2 heterocycles. The molecule has 2 aliphatic rings. The SMILES string of the molecule is CC(=O)NCc1ccc(C(=Nc2ccc(C=C3NC(=O)NC3=O)cc2)C2C(=O)Nc3ccc([N+](=O)[O-])cc32)cc1. The minimum atomic E-state index is -0.921. The highest BCUT2D eigenvalue weighted by Gasteiger charge is 2.36. The third-order valence-corrected chi connectivity index (χ3v) is 6.32. The van der Waals surface area contributed by atoms with Crippen molar-refractivity contribution in [2.45, 2.75) is 19.4 Å². The second kappa shape index (κ2) is 10.6. The predicted octanol–water partition coefficient (Wildman–Crippen LogP) is 3.27. The summed E-state index contributed by atoms with van der Waals surface area (Å²) >= 11 is 0. The Labute approximate surface area is 227 Å². The normalized spacial score (nSPS) is 17.2. The van der Waals surface area contributed by atoms with Crippen molar-refractivity contribution in [2.24, 2.45) is 4.99 Å². The Morgan fingerprint density at radius 2 is 1.73 bits per heavy atom. The van der Waals surface area contributed by atoms with E-state index < -0.39 is 22.8 Å². The van der Waals surface area contributed by atoms with Crippen LogP contribution in [0.15, 0.2) is 77.4 Å². The second-order valence-electron chi connectivity index (χ2n) is 9.11. The molecule has 0 saturated carbocycles. The average molecular weight is 539 g/mol. The van der Waals surface area contributed by atoms with E-state index in [1.54, 1.807) is 48.5 Å². The van der Waals surface area contributed by atoms with Gasteiger partial charge in [-0.15, -0.1) is 0 Å².